The van der Waals surface area contributed by atoms with Gasteiger partial charge in [-0.05, 0) is 117 Å². The highest BCUT2D eigenvalue weighted by Crippen LogP contribution is 2.46. The number of hydrogen-bond acceptors (Lipinski definition) is 10. The Morgan fingerprint density at radius 1 is 0.836 bits per heavy atom. The lowest BCUT2D eigenvalue weighted by molar-refractivity contribution is -0.134. The summed E-state index contributed by atoms with van der Waals surface area (Å²) in [6, 6.07) is 10.1. The SMILES string of the molecule is COc1ccc(C(=O)N2CCC3(CCN(CC(=O)N4CCC(n5nc(N6CCCc7cc(-c8cn(C)c9ccncc89)c(C(F)F)cc76)c6c5CCN(C(C)=O)C6)CC4)CC3)CC2)cc1N1CCC(=O)NC1=O. The maximum absolute atomic E-state index is 15.2. The molecule has 0 atom stereocenters. The van der Waals surface area contributed by atoms with Crippen molar-refractivity contribution >= 4 is 57.8 Å². The lowest BCUT2D eigenvalue weighted by Gasteiger charge is -2.47. The molecular formula is C54H63F2N11O6. The van der Waals surface area contributed by atoms with Crippen molar-refractivity contribution in [3.05, 3.63) is 82.9 Å². The fourth-order valence-electron chi connectivity index (χ4n) is 12.5. The van der Waals surface area contributed by atoms with Crippen LogP contribution in [0.15, 0.2) is 55.0 Å². The van der Waals surface area contributed by atoms with Crippen molar-refractivity contribution in [2.45, 2.75) is 90.1 Å². The summed E-state index contributed by atoms with van der Waals surface area (Å²) in [4.78, 5) is 80.8. The molecule has 17 nitrogen and oxygen atoms in total. The number of hydrogen-bond donors (Lipinski definition) is 1. The number of fused-ring (bicyclic) bond motifs is 3. The molecule has 19 heteroatoms. The Morgan fingerprint density at radius 3 is 2.33 bits per heavy atom. The number of alkyl halides is 2. The molecule has 3 aromatic heterocycles. The van der Waals surface area contributed by atoms with Crippen molar-refractivity contribution < 1.29 is 37.5 Å². The highest BCUT2D eigenvalue weighted by atomic mass is 19.3. The molecule has 1 spiro atoms. The molecule has 6 aliphatic rings. The molecule has 0 unspecified atom stereocenters. The zero-order valence-corrected chi connectivity index (χ0v) is 41.9. The van der Waals surface area contributed by atoms with Crippen LogP contribution in [0.2, 0.25) is 0 Å². The summed E-state index contributed by atoms with van der Waals surface area (Å²) in [5.74, 6) is 0.845. The van der Waals surface area contributed by atoms with Crippen molar-refractivity contribution in [1.82, 2.24) is 44.2 Å². The number of pyridine rings is 1. The van der Waals surface area contributed by atoms with Gasteiger partial charge in [-0.25, -0.2) is 13.6 Å². The van der Waals surface area contributed by atoms with Gasteiger partial charge in [-0.2, -0.15) is 5.10 Å². The highest BCUT2D eigenvalue weighted by molar-refractivity contribution is 6.07. The molecule has 384 valence electrons. The topological polar surface area (TPSA) is 162 Å². The van der Waals surface area contributed by atoms with Crippen molar-refractivity contribution in [3.63, 3.8) is 0 Å². The fourth-order valence-corrected chi connectivity index (χ4v) is 12.5. The molecule has 6 amide bonds. The summed E-state index contributed by atoms with van der Waals surface area (Å²) in [5.41, 5.74) is 6.91. The van der Waals surface area contributed by atoms with Gasteiger partial charge in [0.25, 0.3) is 12.3 Å². The summed E-state index contributed by atoms with van der Waals surface area (Å²) in [7, 11) is 3.42. The largest absolute Gasteiger partial charge is 0.495 e. The van der Waals surface area contributed by atoms with Crippen molar-refractivity contribution in [3.8, 4) is 16.9 Å². The first-order chi connectivity index (χ1) is 35.3. The Balaban J connectivity index is 0.728. The van der Waals surface area contributed by atoms with E-state index in [0.717, 1.165) is 109 Å². The first-order valence-electron chi connectivity index (χ1n) is 25.8. The third-order valence-electron chi connectivity index (χ3n) is 16.8. The van der Waals surface area contributed by atoms with E-state index in [0.29, 0.717) is 81.3 Å². The molecule has 0 saturated carbocycles. The van der Waals surface area contributed by atoms with Gasteiger partial charge in [0.2, 0.25) is 17.7 Å². The number of likely N-dealkylation sites (tertiary alicyclic amines) is 3. The summed E-state index contributed by atoms with van der Waals surface area (Å²) in [6.45, 7) is 7.83. The van der Waals surface area contributed by atoms with Crippen LogP contribution in [0.3, 0.4) is 0 Å². The molecule has 9 heterocycles. The quantitative estimate of drug-likeness (QED) is 0.163. The minimum atomic E-state index is -2.71. The summed E-state index contributed by atoms with van der Waals surface area (Å²) >= 11 is 0. The number of nitrogens with one attached hydrogen (secondary N) is 1. The van der Waals surface area contributed by atoms with Crippen LogP contribution in [0.25, 0.3) is 22.0 Å². The highest BCUT2D eigenvalue weighted by Gasteiger charge is 2.41. The Hall–Kier alpha value is -6.89. The van der Waals surface area contributed by atoms with Crippen LogP contribution in [0.4, 0.5) is 30.8 Å². The standard InChI is InChI=1S/C54H63F2N11O6/c1-34(68)64-21-11-44-42(32-64)51(65-18-4-5-35-27-38(39(50(55)56)29-45(35)65)41-31-60(2)43-8-17-57-30-40(41)43)59-67(44)37-9-19-62(20-10-37)49(70)33-61-23-13-54(14-24-61)15-25-63(26-16-54)52(71)36-6-7-47(73-3)46(28-36)66-22-12-48(69)58-53(66)72/h6-8,17,27-31,37,50H,4-5,9-16,18-26,32-33H2,1-3H3,(H,58,69,72). The Bertz CT molecular complexity index is 3000. The number of amides is 6. The monoisotopic (exact) mass is 999 g/mol. The van der Waals surface area contributed by atoms with Crippen LogP contribution >= 0.6 is 0 Å². The number of nitrogens with zero attached hydrogens (tertiary/aromatic N) is 10. The molecule has 73 heavy (non-hydrogen) atoms. The normalized spacial score (nSPS) is 19.7. The number of imide groups is 1. The number of benzene rings is 2. The van der Waals surface area contributed by atoms with E-state index in [1.54, 1.807) is 43.6 Å². The summed E-state index contributed by atoms with van der Waals surface area (Å²) < 4.78 is 39.9. The third kappa shape index (κ3) is 9.07. The van der Waals surface area contributed by atoms with E-state index in [1.807, 2.05) is 44.6 Å². The predicted molar refractivity (Wildman–Crippen MR) is 270 cm³/mol. The molecule has 0 bridgehead atoms. The zero-order valence-electron chi connectivity index (χ0n) is 41.9. The van der Waals surface area contributed by atoms with Gasteiger partial charge < -0.3 is 28.9 Å². The number of carbonyl (C=O) groups excluding carboxylic acids is 5. The number of aromatic nitrogens is 4. The predicted octanol–water partition coefficient (Wildman–Crippen LogP) is 7.00. The van der Waals surface area contributed by atoms with Gasteiger partial charge in [-0.3, -0.25) is 44.0 Å². The fraction of sp³-hybridized carbons (Fsp3) is 0.500. The molecule has 0 radical (unpaired) electrons. The minimum absolute atomic E-state index is 0.0145. The van der Waals surface area contributed by atoms with E-state index in [2.05, 4.69) is 24.8 Å². The average molecular weight is 1000 g/mol. The molecular weight excluding hydrogens is 937 g/mol. The molecule has 11 rings (SSSR count). The van der Waals surface area contributed by atoms with Crippen molar-refractivity contribution in [2.75, 3.05) is 82.4 Å². The first kappa shape index (κ1) is 48.4. The number of piperidine rings is 3. The molecule has 0 aliphatic carbocycles. The first-order valence-corrected chi connectivity index (χ1v) is 25.8. The second kappa shape index (κ2) is 19.5. The zero-order chi connectivity index (χ0) is 50.7. The van der Waals surface area contributed by atoms with E-state index in [9.17, 15) is 24.0 Å². The van der Waals surface area contributed by atoms with E-state index in [4.69, 9.17) is 9.84 Å². The number of ether oxygens (including phenoxy) is 1. The number of methoxy groups -OCH3 is 1. The smallest absolute Gasteiger partial charge is 0.328 e. The van der Waals surface area contributed by atoms with E-state index >= 15 is 8.78 Å². The molecule has 5 aromatic rings. The number of anilines is 3. The number of rotatable bonds is 9. The maximum Gasteiger partial charge on any atom is 0.328 e. The van der Waals surface area contributed by atoms with Crippen LogP contribution in [0.5, 0.6) is 5.75 Å². The van der Waals surface area contributed by atoms with Gasteiger partial charge in [0, 0.05) is 130 Å². The van der Waals surface area contributed by atoms with Crippen LogP contribution in [-0.4, -0.2) is 141 Å². The van der Waals surface area contributed by atoms with Gasteiger partial charge in [-0.15, -0.1) is 0 Å². The van der Waals surface area contributed by atoms with Crippen molar-refractivity contribution in [2.24, 2.45) is 12.5 Å². The summed E-state index contributed by atoms with van der Waals surface area (Å²) in [6.07, 6.45) is 10.1. The van der Waals surface area contributed by atoms with Crippen LogP contribution in [0.1, 0.15) is 103 Å². The van der Waals surface area contributed by atoms with Gasteiger partial charge in [0.1, 0.15) is 5.75 Å². The van der Waals surface area contributed by atoms with E-state index in [-0.39, 0.29) is 53.6 Å². The van der Waals surface area contributed by atoms with E-state index < -0.39 is 12.5 Å². The minimum Gasteiger partial charge on any atom is -0.495 e. The second-order valence-electron chi connectivity index (χ2n) is 20.9. The van der Waals surface area contributed by atoms with Crippen molar-refractivity contribution in [1.29, 1.82) is 0 Å². The van der Waals surface area contributed by atoms with Gasteiger partial charge >= 0.3 is 6.03 Å². The number of aryl methyl sites for hydroxylation is 2. The molecule has 4 saturated heterocycles. The average Bonchev–Trinajstić information content (AvgIpc) is 3.95. The Labute approximate surface area is 423 Å². The lowest BCUT2D eigenvalue weighted by Crippen LogP contribution is -2.51. The number of halogens is 2. The van der Waals surface area contributed by atoms with Gasteiger partial charge in [-0.1, -0.05) is 0 Å². The molecule has 4 fully saturated rings. The van der Waals surface area contributed by atoms with Crippen LogP contribution in [0, 0.1) is 5.41 Å². The van der Waals surface area contributed by atoms with Gasteiger partial charge in [0.05, 0.1) is 37.4 Å². The molecule has 6 aliphatic heterocycles. The van der Waals surface area contributed by atoms with Crippen LogP contribution in [-0.2, 0) is 40.8 Å². The second-order valence-corrected chi connectivity index (χ2v) is 20.9. The Morgan fingerprint density at radius 2 is 1.60 bits per heavy atom. The lowest BCUT2D eigenvalue weighted by atomic mass is 9.71. The maximum atomic E-state index is 15.2. The van der Waals surface area contributed by atoms with Crippen LogP contribution < -0.4 is 19.9 Å². The third-order valence-corrected chi connectivity index (χ3v) is 16.8. The molecule has 1 N–H and O–H groups in total. The molecule has 2 aromatic carbocycles. The summed E-state index contributed by atoms with van der Waals surface area (Å²) in [5, 5.41) is 8.51. The number of urea groups is 1. The number of carbonyl (C=O) groups is 5. The van der Waals surface area contributed by atoms with E-state index in [1.165, 1.54) is 12.0 Å². The van der Waals surface area contributed by atoms with Gasteiger partial charge in [0.15, 0.2) is 5.82 Å². The Kier molecular flexibility index (Phi) is 12.9.